The summed E-state index contributed by atoms with van der Waals surface area (Å²) >= 11 is 0. The topological polar surface area (TPSA) is 65.7 Å². The van der Waals surface area contributed by atoms with Crippen molar-refractivity contribution >= 4 is 34.0 Å². The zero-order valence-corrected chi connectivity index (χ0v) is 26.9. The minimum Gasteiger partial charge on any atom is -0.460 e. The monoisotopic (exact) mass is 607 g/mol. The minimum atomic E-state index is -0.112. The van der Waals surface area contributed by atoms with Crippen LogP contribution in [0.15, 0.2) is 95.4 Å². The summed E-state index contributed by atoms with van der Waals surface area (Å²) in [5, 5.41) is 22.4. The van der Waals surface area contributed by atoms with Gasteiger partial charge in [0.25, 0.3) is 0 Å². The highest BCUT2D eigenvalue weighted by Crippen LogP contribution is 2.64. The van der Waals surface area contributed by atoms with Crippen molar-refractivity contribution < 1.29 is 4.42 Å². The number of furan rings is 1. The molecule has 226 valence electrons. The fourth-order valence-electron chi connectivity index (χ4n) is 8.89. The molecule has 3 aliphatic rings. The summed E-state index contributed by atoms with van der Waals surface area (Å²) in [5.74, 6) is 1.46. The van der Waals surface area contributed by atoms with Crippen LogP contribution in [0.4, 0.5) is 0 Å². The number of aromatic nitrogens is 1. The number of para-hydroxylation sites is 1. The summed E-state index contributed by atoms with van der Waals surface area (Å²) in [5.41, 5.74) is 12.0. The largest absolute Gasteiger partial charge is 0.460 e. The first-order valence-corrected chi connectivity index (χ1v) is 16.4. The Hall–Kier alpha value is -5.58. The summed E-state index contributed by atoms with van der Waals surface area (Å²) in [4.78, 5) is 0. The highest BCUT2D eigenvalue weighted by Gasteiger charge is 2.57. The van der Waals surface area contributed by atoms with E-state index in [2.05, 4.69) is 117 Å². The van der Waals surface area contributed by atoms with Crippen LogP contribution in [-0.4, -0.2) is 4.57 Å². The molecule has 4 heteroatoms. The van der Waals surface area contributed by atoms with Crippen molar-refractivity contribution in [3.63, 3.8) is 0 Å². The number of allylic oxidation sites excluding steroid dienone is 2. The van der Waals surface area contributed by atoms with E-state index in [1.54, 1.807) is 0 Å². The van der Waals surface area contributed by atoms with Crippen molar-refractivity contribution in [3.8, 4) is 29.0 Å². The number of rotatable bonds is 2. The predicted octanol–water partition coefficient (Wildman–Crippen LogP) is 10.8. The van der Waals surface area contributed by atoms with E-state index in [4.69, 9.17) is 4.42 Å². The highest BCUT2D eigenvalue weighted by molar-refractivity contribution is 5.97. The van der Waals surface area contributed by atoms with Gasteiger partial charge in [-0.05, 0) is 82.5 Å². The molecule has 0 N–H and O–H groups in total. The Bertz CT molecular complexity index is 2490. The zero-order chi connectivity index (χ0) is 32.2. The van der Waals surface area contributed by atoms with Crippen LogP contribution in [0.3, 0.4) is 0 Å². The van der Waals surface area contributed by atoms with Gasteiger partial charge in [0.15, 0.2) is 0 Å². The van der Waals surface area contributed by atoms with E-state index in [-0.39, 0.29) is 16.7 Å². The van der Waals surface area contributed by atoms with Gasteiger partial charge in [0.05, 0.1) is 40.0 Å². The Kier molecular flexibility index (Phi) is 5.59. The van der Waals surface area contributed by atoms with E-state index in [9.17, 15) is 10.5 Å². The SMILES string of the molecule is CC1CC=Cc2c1c1cc(C#N)ccc1n2-c1c(C#N)cccc1-c1ccc2oc3c(c2c1)C=CC1(C)C3c2ccccc2C1(C)C. The summed E-state index contributed by atoms with van der Waals surface area (Å²) in [6.07, 6.45) is 10.0. The maximum atomic E-state index is 10.5. The number of fused-ring (bicyclic) bond motifs is 10. The standard InChI is InChI=1S/C43H33N3O/c1-25-9-7-14-36-38(25)33-21-26(23-44)15-17-35(33)46(36)40-28(24-45)10-8-12-29(40)27-16-18-37-32(22-27)30-19-20-43(4)39(41(30)47-37)31-11-5-6-13-34(31)42(43,2)3/h5-8,10-22,25,39H,9H2,1-4H3. The third-order valence-electron chi connectivity index (χ3n) is 11.6. The first-order chi connectivity index (χ1) is 22.8. The molecular formula is C43H33N3O. The number of hydrogen-bond acceptors (Lipinski definition) is 3. The van der Waals surface area contributed by atoms with Gasteiger partial charge in [-0.1, -0.05) is 88.4 Å². The second-order valence-electron chi connectivity index (χ2n) is 14.2. The lowest BCUT2D eigenvalue weighted by atomic mass is 9.61. The average molecular weight is 608 g/mol. The molecule has 0 spiro atoms. The Morgan fingerprint density at radius 3 is 2.55 bits per heavy atom. The van der Waals surface area contributed by atoms with Gasteiger partial charge in [-0.2, -0.15) is 10.5 Å². The average Bonchev–Trinajstić information content (AvgIpc) is 3.68. The van der Waals surface area contributed by atoms with E-state index < -0.39 is 0 Å². The number of hydrogen-bond donors (Lipinski definition) is 0. The van der Waals surface area contributed by atoms with E-state index >= 15 is 0 Å². The van der Waals surface area contributed by atoms with Crippen molar-refractivity contribution in [2.45, 2.75) is 51.4 Å². The van der Waals surface area contributed by atoms with Crippen molar-refractivity contribution in [1.82, 2.24) is 4.57 Å². The van der Waals surface area contributed by atoms with Gasteiger partial charge in [-0.25, -0.2) is 0 Å². The lowest BCUT2D eigenvalue weighted by Crippen LogP contribution is -2.37. The Morgan fingerprint density at radius 1 is 0.872 bits per heavy atom. The molecule has 0 bridgehead atoms. The van der Waals surface area contributed by atoms with Gasteiger partial charge >= 0.3 is 0 Å². The van der Waals surface area contributed by atoms with Crippen LogP contribution in [0.5, 0.6) is 0 Å². The van der Waals surface area contributed by atoms with Gasteiger partial charge in [0, 0.05) is 27.3 Å². The Labute approximate surface area is 274 Å². The van der Waals surface area contributed by atoms with E-state index in [1.807, 2.05) is 30.3 Å². The molecule has 0 radical (unpaired) electrons. The van der Waals surface area contributed by atoms with Crippen molar-refractivity contribution in [2.24, 2.45) is 5.41 Å². The second-order valence-corrected chi connectivity index (χ2v) is 14.2. The van der Waals surface area contributed by atoms with E-state index in [0.29, 0.717) is 17.0 Å². The molecule has 3 unspecified atom stereocenters. The van der Waals surface area contributed by atoms with Crippen molar-refractivity contribution in [2.75, 3.05) is 0 Å². The minimum absolute atomic E-state index is 0.0438. The third-order valence-corrected chi connectivity index (χ3v) is 11.6. The third kappa shape index (κ3) is 3.51. The van der Waals surface area contributed by atoms with Gasteiger partial charge in [-0.3, -0.25) is 0 Å². The van der Waals surface area contributed by atoms with Crippen LogP contribution in [0.2, 0.25) is 0 Å². The molecule has 0 aliphatic heterocycles. The van der Waals surface area contributed by atoms with Gasteiger partial charge < -0.3 is 8.98 Å². The van der Waals surface area contributed by atoms with Crippen LogP contribution in [0.25, 0.3) is 50.8 Å². The summed E-state index contributed by atoms with van der Waals surface area (Å²) < 4.78 is 9.02. The molecule has 0 fully saturated rings. The molecule has 0 amide bonds. The first kappa shape index (κ1) is 27.7. The quantitative estimate of drug-likeness (QED) is 0.197. The first-order valence-electron chi connectivity index (χ1n) is 16.4. The van der Waals surface area contributed by atoms with Crippen LogP contribution in [0.1, 0.15) is 90.8 Å². The van der Waals surface area contributed by atoms with Gasteiger partial charge in [0.1, 0.15) is 17.4 Å². The molecule has 3 aliphatic carbocycles. The summed E-state index contributed by atoms with van der Waals surface area (Å²) in [7, 11) is 0. The zero-order valence-electron chi connectivity index (χ0n) is 26.9. The van der Waals surface area contributed by atoms with Crippen LogP contribution in [0, 0.1) is 28.1 Å². The van der Waals surface area contributed by atoms with Crippen LogP contribution >= 0.6 is 0 Å². The lowest BCUT2D eigenvalue weighted by molar-refractivity contribution is 0.226. The molecule has 0 saturated heterocycles. The highest BCUT2D eigenvalue weighted by atomic mass is 16.3. The fourth-order valence-corrected chi connectivity index (χ4v) is 8.89. The Balaban J connectivity index is 1.28. The van der Waals surface area contributed by atoms with E-state index in [0.717, 1.165) is 62.1 Å². The molecule has 2 aromatic heterocycles. The summed E-state index contributed by atoms with van der Waals surface area (Å²) in [6.45, 7) is 9.31. The second kappa shape index (κ2) is 9.47. The molecule has 0 saturated carbocycles. The van der Waals surface area contributed by atoms with Crippen molar-refractivity contribution in [1.29, 1.82) is 10.5 Å². The number of benzene rings is 4. The maximum Gasteiger partial charge on any atom is 0.134 e. The van der Waals surface area contributed by atoms with Gasteiger partial charge in [-0.15, -0.1) is 0 Å². The predicted molar refractivity (Wildman–Crippen MR) is 188 cm³/mol. The molecule has 4 nitrogen and oxygen atoms in total. The van der Waals surface area contributed by atoms with Gasteiger partial charge in [0.2, 0.25) is 0 Å². The van der Waals surface area contributed by atoms with E-state index in [1.165, 1.54) is 16.7 Å². The van der Waals surface area contributed by atoms with Crippen molar-refractivity contribution in [3.05, 3.63) is 136 Å². The molecule has 4 aromatic carbocycles. The molecule has 9 rings (SSSR count). The molecule has 2 heterocycles. The summed E-state index contributed by atoms with van der Waals surface area (Å²) in [6, 6.07) is 32.0. The molecular weight excluding hydrogens is 574 g/mol. The molecule has 47 heavy (non-hydrogen) atoms. The molecule has 3 atom stereocenters. The number of nitrogens with zero attached hydrogens (tertiary/aromatic N) is 3. The smallest absolute Gasteiger partial charge is 0.134 e. The maximum absolute atomic E-state index is 10.5. The lowest BCUT2D eigenvalue weighted by Gasteiger charge is -2.41. The molecule has 6 aromatic rings. The number of nitriles is 2. The Morgan fingerprint density at radius 2 is 1.72 bits per heavy atom. The van der Waals surface area contributed by atoms with Crippen LogP contribution < -0.4 is 0 Å². The van der Waals surface area contributed by atoms with Crippen LogP contribution in [-0.2, 0) is 5.41 Å². The fraction of sp³-hybridized carbons (Fsp3) is 0.209. The normalized spacial score (nSPS) is 21.6.